The average molecular weight is 198 g/mol. The van der Waals surface area contributed by atoms with Crippen molar-refractivity contribution in [2.75, 3.05) is 0 Å². The monoisotopic (exact) mass is 198 g/mol. The zero-order chi connectivity index (χ0) is 10.3. The van der Waals surface area contributed by atoms with Gasteiger partial charge in [-0.15, -0.1) is 0 Å². The molecule has 0 radical (unpaired) electrons. The first-order valence-corrected chi connectivity index (χ1v) is 6.13. The SMILES string of the molecule is CC1C2=CCCCC2C1c1ccccc1. The van der Waals surface area contributed by atoms with Crippen LogP contribution >= 0.6 is 0 Å². The van der Waals surface area contributed by atoms with E-state index in [0.717, 1.165) is 17.8 Å². The minimum atomic E-state index is 0.790. The molecule has 78 valence electrons. The van der Waals surface area contributed by atoms with Gasteiger partial charge >= 0.3 is 0 Å². The molecule has 1 saturated carbocycles. The van der Waals surface area contributed by atoms with Crippen LogP contribution in [0.3, 0.4) is 0 Å². The molecule has 3 rings (SSSR count). The van der Waals surface area contributed by atoms with E-state index in [1.54, 1.807) is 11.1 Å². The van der Waals surface area contributed by atoms with Crippen LogP contribution in [0.1, 0.15) is 37.7 Å². The van der Waals surface area contributed by atoms with Gasteiger partial charge in [0.25, 0.3) is 0 Å². The first-order valence-electron chi connectivity index (χ1n) is 6.13. The summed E-state index contributed by atoms with van der Waals surface area (Å²) in [5.41, 5.74) is 3.30. The van der Waals surface area contributed by atoms with Crippen LogP contribution in [0.2, 0.25) is 0 Å². The van der Waals surface area contributed by atoms with Gasteiger partial charge in [-0.1, -0.05) is 48.9 Å². The van der Waals surface area contributed by atoms with E-state index in [-0.39, 0.29) is 0 Å². The van der Waals surface area contributed by atoms with Gasteiger partial charge in [-0.05, 0) is 42.6 Å². The predicted octanol–water partition coefficient (Wildman–Crippen LogP) is 4.15. The number of hydrogen-bond donors (Lipinski definition) is 0. The Kier molecular flexibility index (Phi) is 2.16. The maximum Gasteiger partial charge on any atom is -0.00332 e. The van der Waals surface area contributed by atoms with E-state index in [9.17, 15) is 0 Å². The second-order valence-electron chi connectivity index (χ2n) is 4.97. The summed E-state index contributed by atoms with van der Waals surface area (Å²) < 4.78 is 0. The van der Waals surface area contributed by atoms with Crippen molar-refractivity contribution in [1.82, 2.24) is 0 Å². The van der Waals surface area contributed by atoms with Gasteiger partial charge in [-0.3, -0.25) is 0 Å². The van der Waals surface area contributed by atoms with Crippen molar-refractivity contribution in [1.29, 1.82) is 0 Å². The molecule has 0 spiro atoms. The highest BCUT2D eigenvalue weighted by molar-refractivity contribution is 5.36. The molecule has 0 aromatic heterocycles. The molecule has 0 bridgehead atoms. The number of rotatable bonds is 1. The molecule has 0 heterocycles. The summed E-state index contributed by atoms with van der Waals surface area (Å²) in [6.07, 6.45) is 6.62. The molecule has 15 heavy (non-hydrogen) atoms. The largest absolute Gasteiger partial charge is 0.0847 e. The Bertz CT molecular complexity index is 374. The summed E-state index contributed by atoms with van der Waals surface area (Å²) in [5.74, 6) is 2.46. The lowest BCUT2D eigenvalue weighted by molar-refractivity contribution is 0.238. The Morgan fingerprint density at radius 1 is 1.13 bits per heavy atom. The standard InChI is InChI=1S/C15H18/c1-11-13-9-5-6-10-14(13)15(11)12-7-3-2-4-8-12/h2-4,7-9,11,14-15H,5-6,10H2,1H3. The van der Waals surface area contributed by atoms with Gasteiger partial charge in [-0.2, -0.15) is 0 Å². The van der Waals surface area contributed by atoms with Gasteiger partial charge in [0.2, 0.25) is 0 Å². The van der Waals surface area contributed by atoms with Crippen molar-refractivity contribution < 1.29 is 0 Å². The first-order chi connectivity index (χ1) is 7.38. The smallest absolute Gasteiger partial charge is 0.00332 e. The van der Waals surface area contributed by atoms with Gasteiger partial charge in [0.1, 0.15) is 0 Å². The molecule has 1 aromatic carbocycles. The fourth-order valence-electron chi connectivity index (χ4n) is 3.47. The van der Waals surface area contributed by atoms with Crippen LogP contribution in [0, 0.1) is 11.8 Å². The van der Waals surface area contributed by atoms with Crippen LogP contribution in [0.15, 0.2) is 42.0 Å². The number of benzene rings is 1. The van der Waals surface area contributed by atoms with E-state index in [0.29, 0.717) is 0 Å². The zero-order valence-electron chi connectivity index (χ0n) is 9.32. The zero-order valence-corrected chi connectivity index (χ0v) is 9.32. The molecular weight excluding hydrogens is 180 g/mol. The van der Waals surface area contributed by atoms with Crippen molar-refractivity contribution in [3.8, 4) is 0 Å². The third-order valence-electron chi connectivity index (χ3n) is 4.21. The summed E-state index contributed by atoms with van der Waals surface area (Å²) in [4.78, 5) is 0. The third kappa shape index (κ3) is 1.35. The molecule has 0 N–H and O–H groups in total. The summed E-state index contributed by atoms with van der Waals surface area (Å²) >= 11 is 0. The minimum absolute atomic E-state index is 0.790. The Labute approximate surface area is 92.0 Å². The van der Waals surface area contributed by atoms with Gasteiger partial charge in [0, 0.05) is 0 Å². The normalized spacial score (nSPS) is 33.9. The molecule has 1 aromatic rings. The van der Waals surface area contributed by atoms with Gasteiger partial charge < -0.3 is 0 Å². The Morgan fingerprint density at radius 2 is 1.93 bits per heavy atom. The molecular formula is C15H18. The molecule has 0 nitrogen and oxygen atoms in total. The predicted molar refractivity (Wildman–Crippen MR) is 63.8 cm³/mol. The van der Waals surface area contributed by atoms with E-state index in [1.165, 1.54) is 19.3 Å². The molecule has 0 aliphatic heterocycles. The van der Waals surface area contributed by atoms with Gasteiger partial charge in [-0.25, -0.2) is 0 Å². The second kappa shape index (κ2) is 3.52. The van der Waals surface area contributed by atoms with Crippen LogP contribution in [0.25, 0.3) is 0 Å². The Hall–Kier alpha value is -1.04. The Morgan fingerprint density at radius 3 is 2.73 bits per heavy atom. The summed E-state index contributed by atoms with van der Waals surface area (Å²) in [5, 5.41) is 0. The van der Waals surface area contributed by atoms with Crippen molar-refractivity contribution >= 4 is 0 Å². The topological polar surface area (TPSA) is 0 Å². The average Bonchev–Trinajstić information content (AvgIpc) is 2.30. The lowest BCUT2D eigenvalue weighted by atomic mass is 9.56. The minimum Gasteiger partial charge on any atom is -0.0847 e. The molecule has 0 saturated heterocycles. The lowest BCUT2D eigenvalue weighted by Gasteiger charge is -2.48. The van der Waals surface area contributed by atoms with Crippen molar-refractivity contribution in [2.24, 2.45) is 11.8 Å². The van der Waals surface area contributed by atoms with E-state index < -0.39 is 0 Å². The number of fused-ring (bicyclic) bond motifs is 1. The molecule has 1 fully saturated rings. The van der Waals surface area contributed by atoms with E-state index in [1.807, 2.05) is 0 Å². The molecule has 0 heteroatoms. The van der Waals surface area contributed by atoms with Crippen LogP contribution < -0.4 is 0 Å². The number of hydrogen-bond acceptors (Lipinski definition) is 0. The summed E-state index contributed by atoms with van der Waals surface area (Å²) in [7, 11) is 0. The molecule has 0 amide bonds. The summed E-state index contributed by atoms with van der Waals surface area (Å²) in [6, 6.07) is 11.1. The molecule has 2 aliphatic rings. The van der Waals surface area contributed by atoms with Gasteiger partial charge in [0.15, 0.2) is 0 Å². The van der Waals surface area contributed by atoms with E-state index >= 15 is 0 Å². The van der Waals surface area contributed by atoms with Crippen LogP contribution in [-0.4, -0.2) is 0 Å². The van der Waals surface area contributed by atoms with E-state index in [4.69, 9.17) is 0 Å². The van der Waals surface area contributed by atoms with Crippen LogP contribution in [-0.2, 0) is 0 Å². The highest BCUT2D eigenvalue weighted by Crippen LogP contribution is 2.55. The lowest BCUT2D eigenvalue weighted by Crippen LogP contribution is -2.37. The fraction of sp³-hybridized carbons (Fsp3) is 0.467. The maximum atomic E-state index is 2.50. The molecule has 3 unspecified atom stereocenters. The second-order valence-corrected chi connectivity index (χ2v) is 4.97. The molecule has 3 atom stereocenters. The quantitative estimate of drug-likeness (QED) is 0.595. The highest BCUT2D eigenvalue weighted by Gasteiger charge is 2.43. The van der Waals surface area contributed by atoms with Crippen molar-refractivity contribution in [3.05, 3.63) is 47.5 Å². The van der Waals surface area contributed by atoms with Crippen molar-refractivity contribution in [3.63, 3.8) is 0 Å². The van der Waals surface area contributed by atoms with Gasteiger partial charge in [0.05, 0.1) is 0 Å². The fourth-order valence-corrected chi connectivity index (χ4v) is 3.47. The third-order valence-corrected chi connectivity index (χ3v) is 4.21. The van der Waals surface area contributed by atoms with E-state index in [2.05, 4.69) is 43.3 Å². The molecule has 2 aliphatic carbocycles. The summed E-state index contributed by atoms with van der Waals surface area (Å²) in [6.45, 7) is 2.39. The first kappa shape index (κ1) is 9.21. The van der Waals surface area contributed by atoms with Crippen LogP contribution in [0.4, 0.5) is 0 Å². The maximum absolute atomic E-state index is 2.50. The number of allylic oxidation sites excluding steroid dienone is 2. The van der Waals surface area contributed by atoms with Crippen LogP contribution in [0.5, 0.6) is 0 Å². The Balaban J connectivity index is 1.90. The van der Waals surface area contributed by atoms with Crippen molar-refractivity contribution in [2.45, 2.75) is 32.1 Å². The highest BCUT2D eigenvalue weighted by atomic mass is 14.5.